The predicted octanol–water partition coefficient (Wildman–Crippen LogP) is 2.09. The van der Waals surface area contributed by atoms with Gasteiger partial charge >= 0.3 is 0 Å². The summed E-state index contributed by atoms with van der Waals surface area (Å²) < 4.78 is 0. The Morgan fingerprint density at radius 3 is 2.52 bits per heavy atom. The molecule has 6 heteroatoms. The highest BCUT2D eigenvalue weighted by Crippen LogP contribution is 2.21. The molecule has 1 aliphatic rings. The smallest absolute Gasteiger partial charge is 0.246 e. The number of anilines is 1. The molecule has 0 radical (unpaired) electrons. The lowest BCUT2D eigenvalue weighted by Crippen LogP contribution is -2.58. The molecule has 27 heavy (non-hydrogen) atoms. The van der Waals surface area contributed by atoms with Crippen LogP contribution in [0, 0.1) is 6.92 Å². The Balaban J connectivity index is 1.60. The normalized spacial score (nSPS) is 17.5. The fourth-order valence-electron chi connectivity index (χ4n) is 3.34. The summed E-state index contributed by atoms with van der Waals surface area (Å²) in [5.41, 5.74) is 3.15. The molecule has 0 spiro atoms. The highest BCUT2D eigenvalue weighted by atomic mass is 16.2. The van der Waals surface area contributed by atoms with Crippen LogP contribution in [0.5, 0.6) is 0 Å². The highest BCUT2D eigenvalue weighted by molar-refractivity contribution is 5.98. The van der Waals surface area contributed by atoms with Crippen LogP contribution in [0.25, 0.3) is 0 Å². The Kier molecular flexibility index (Phi) is 5.86. The zero-order valence-electron chi connectivity index (χ0n) is 16.1. The first-order valence-electron chi connectivity index (χ1n) is 9.18. The van der Waals surface area contributed by atoms with Crippen LogP contribution < -0.4 is 4.90 Å². The number of likely N-dealkylation sites (N-methyl/N-ethyl adjacent to an activating group) is 1. The van der Waals surface area contributed by atoms with Crippen LogP contribution in [-0.4, -0.2) is 59.3 Å². The molecule has 0 bridgehead atoms. The number of benzene rings is 1. The summed E-state index contributed by atoms with van der Waals surface area (Å²) in [7, 11) is 1.91. The average molecular weight is 366 g/mol. The zero-order valence-corrected chi connectivity index (χ0v) is 16.1. The summed E-state index contributed by atoms with van der Waals surface area (Å²) in [6.45, 7) is 5.60. The molecule has 1 unspecified atom stereocenters. The monoisotopic (exact) mass is 366 g/mol. The molecule has 2 aromatic rings. The van der Waals surface area contributed by atoms with E-state index in [4.69, 9.17) is 0 Å². The molecule has 1 aliphatic heterocycles. The van der Waals surface area contributed by atoms with Gasteiger partial charge in [0.05, 0.1) is 6.54 Å². The maximum Gasteiger partial charge on any atom is 0.246 e. The van der Waals surface area contributed by atoms with E-state index in [1.165, 1.54) is 0 Å². The third-order valence-corrected chi connectivity index (χ3v) is 4.86. The molecule has 0 aliphatic carbocycles. The molecule has 1 saturated heterocycles. The minimum atomic E-state index is -0.0397. The standard InChI is InChI=1S/C21H26N4O2/c1-16-4-6-19(7-5-16)25-12-17(2)24(15-21(25)27)20(26)14-23(3)13-18-8-10-22-11-9-18/h4-11,17H,12-15H2,1-3H3. The predicted molar refractivity (Wildman–Crippen MR) is 105 cm³/mol. The maximum atomic E-state index is 12.7. The minimum absolute atomic E-state index is 0.0176. The van der Waals surface area contributed by atoms with Crippen molar-refractivity contribution in [3.63, 3.8) is 0 Å². The van der Waals surface area contributed by atoms with Crippen molar-refractivity contribution in [3.05, 3.63) is 59.9 Å². The lowest BCUT2D eigenvalue weighted by molar-refractivity contribution is -0.140. The largest absolute Gasteiger partial charge is 0.328 e. The second-order valence-electron chi connectivity index (χ2n) is 7.24. The van der Waals surface area contributed by atoms with E-state index in [2.05, 4.69) is 4.98 Å². The van der Waals surface area contributed by atoms with Crippen LogP contribution in [-0.2, 0) is 16.1 Å². The van der Waals surface area contributed by atoms with Crippen molar-refractivity contribution in [1.82, 2.24) is 14.8 Å². The number of piperazine rings is 1. The van der Waals surface area contributed by atoms with Gasteiger partial charge < -0.3 is 9.80 Å². The summed E-state index contributed by atoms with van der Waals surface area (Å²) in [6, 6.07) is 11.8. The van der Waals surface area contributed by atoms with Crippen molar-refractivity contribution in [2.24, 2.45) is 0 Å². The van der Waals surface area contributed by atoms with E-state index in [1.807, 2.05) is 62.2 Å². The van der Waals surface area contributed by atoms with E-state index in [-0.39, 0.29) is 30.9 Å². The van der Waals surface area contributed by atoms with E-state index >= 15 is 0 Å². The first-order valence-corrected chi connectivity index (χ1v) is 9.18. The van der Waals surface area contributed by atoms with E-state index in [0.29, 0.717) is 13.1 Å². The minimum Gasteiger partial charge on any atom is -0.328 e. The molecule has 1 aromatic heterocycles. The lowest BCUT2D eigenvalue weighted by Gasteiger charge is -2.40. The van der Waals surface area contributed by atoms with Gasteiger partial charge in [0.25, 0.3) is 0 Å². The van der Waals surface area contributed by atoms with Gasteiger partial charge in [-0.25, -0.2) is 0 Å². The Morgan fingerprint density at radius 1 is 1.19 bits per heavy atom. The number of aromatic nitrogens is 1. The Hall–Kier alpha value is -2.73. The molecular formula is C21H26N4O2. The summed E-state index contributed by atoms with van der Waals surface area (Å²) in [6.07, 6.45) is 3.49. The molecule has 142 valence electrons. The van der Waals surface area contributed by atoms with E-state index in [0.717, 1.165) is 16.8 Å². The average Bonchev–Trinajstić information content (AvgIpc) is 2.64. The third-order valence-electron chi connectivity index (χ3n) is 4.86. The van der Waals surface area contributed by atoms with Gasteiger partial charge in [0.2, 0.25) is 11.8 Å². The SMILES string of the molecule is Cc1ccc(N2CC(C)N(C(=O)CN(C)Cc3ccncc3)CC2=O)cc1. The van der Waals surface area contributed by atoms with Crippen molar-refractivity contribution in [2.75, 3.05) is 31.6 Å². The molecule has 1 aromatic carbocycles. The van der Waals surface area contributed by atoms with Gasteiger partial charge in [-0.2, -0.15) is 0 Å². The van der Waals surface area contributed by atoms with Gasteiger partial charge in [0.15, 0.2) is 0 Å². The zero-order chi connectivity index (χ0) is 19.4. The fraction of sp³-hybridized carbons (Fsp3) is 0.381. The fourth-order valence-corrected chi connectivity index (χ4v) is 3.34. The number of amides is 2. The van der Waals surface area contributed by atoms with Crippen molar-refractivity contribution in [2.45, 2.75) is 26.4 Å². The number of nitrogens with zero attached hydrogens (tertiary/aromatic N) is 4. The van der Waals surface area contributed by atoms with Crippen molar-refractivity contribution >= 4 is 17.5 Å². The number of hydrogen-bond acceptors (Lipinski definition) is 4. The lowest BCUT2D eigenvalue weighted by atomic mass is 10.1. The molecule has 2 heterocycles. The van der Waals surface area contributed by atoms with E-state index in [1.54, 1.807) is 22.2 Å². The van der Waals surface area contributed by atoms with Crippen LogP contribution >= 0.6 is 0 Å². The third kappa shape index (κ3) is 4.71. The van der Waals surface area contributed by atoms with Crippen molar-refractivity contribution in [3.8, 4) is 0 Å². The molecule has 6 nitrogen and oxygen atoms in total. The van der Waals surface area contributed by atoms with Gasteiger partial charge in [0, 0.05) is 37.2 Å². The first kappa shape index (κ1) is 19.0. The number of carbonyl (C=O) groups excluding carboxylic acids is 2. The number of carbonyl (C=O) groups is 2. The Labute approximate surface area is 160 Å². The van der Waals surface area contributed by atoms with Crippen LogP contribution in [0.1, 0.15) is 18.1 Å². The van der Waals surface area contributed by atoms with Gasteiger partial charge in [0.1, 0.15) is 6.54 Å². The summed E-state index contributed by atoms with van der Waals surface area (Å²) in [4.78, 5) is 34.8. The molecule has 1 atom stereocenters. The first-order chi connectivity index (χ1) is 12.9. The number of hydrogen-bond donors (Lipinski definition) is 0. The summed E-state index contributed by atoms with van der Waals surface area (Å²) >= 11 is 0. The molecule has 2 amide bonds. The van der Waals surface area contributed by atoms with Gasteiger partial charge in [-0.1, -0.05) is 17.7 Å². The van der Waals surface area contributed by atoms with Crippen molar-refractivity contribution in [1.29, 1.82) is 0 Å². The van der Waals surface area contributed by atoms with Gasteiger partial charge in [-0.3, -0.25) is 19.5 Å². The Bertz CT molecular complexity index is 792. The van der Waals surface area contributed by atoms with Crippen LogP contribution in [0.15, 0.2) is 48.8 Å². The number of pyridine rings is 1. The molecule has 1 fully saturated rings. The van der Waals surface area contributed by atoms with E-state index in [9.17, 15) is 9.59 Å². The second-order valence-corrected chi connectivity index (χ2v) is 7.24. The molecule has 3 rings (SSSR count). The maximum absolute atomic E-state index is 12.7. The van der Waals surface area contributed by atoms with Crippen molar-refractivity contribution < 1.29 is 9.59 Å². The highest BCUT2D eigenvalue weighted by Gasteiger charge is 2.33. The quantitative estimate of drug-likeness (QED) is 0.813. The van der Waals surface area contributed by atoms with Gasteiger partial charge in [-0.15, -0.1) is 0 Å². The van der Waals surface area contributed by atoms with Crippen LogP contribution in [0.4, 0.5) is 5.69 Å². The molecular weight excluding hydrogens is 340 g/mol. The van der Waals surface area contributed by atoms with Gasteiger partial charge in [-0.05, 0) is 50.7 Å². The van der Waals surface area contributed by atoms with Crippen LogP contribution in [0.2, 0.25) is 0 Å². The second kappa shape index (κ2) is 8.31. The summed E-state index contributed by atoms with van der Waals surface area (Å²) in [5.74, 6) is -0.0574. The van der Waals surface area contributed by atoms with E-state index < -0.39 is 0 Å². The molecule has 0 N–H and O–H groups in total. The molecule has 0 saturated carbocycles. The Morgan fingerprint density at radius 2 is 1.85 bits per heavy atom. The topological polar surface area (TPSA) is 56.8 Å². The summed E-state index contributed by atoms with van der Waals surface area (Å²) in [5, 5.41) is 0. The number of rotatable bonds is 5. The number of aryl methyl sites for hydroxylation is 1. The van der Waals surface area contributed by atoms with Crippen LogP contribution in [0.3, 0.4) is 0 Å².